The average Bonchev–Trinajstić information content (AvgIpc) is 2.89. The molecule has 2 aromatic rings. The zero-order valence-corrected chi connectivity index (χ0v) is 15.8. The number of nitrogens with zero attached hydrogens (tertiary/aromatic N) is 2. The number of aromatic nitrogens is 1. The van der Waals surface area contributed by atoms with Gasteiger partial charge in [-0.25, -0.2) is 4.39 Å². The number of halogens is 1. The van der Waals surface area contributed by atoms with Crippen LogP contribution < -0.4 is 4.74 Å². The maximum Gasteiger partial charge on any atom is 0.130 e. The Morgan fingerprint density at radius 3 is 2.68 bits per heavy atom. The van der Waals surface area contributed by atoms with E-state index in [9.17, 15) is 4.39 Å². The largest absolute Gasteiger partial charge is 0.496 e. The molecule has 134 valence electrons. The third kappa shape index (κ3) is 3.04. The number of fused-ring (bicyclic) bond motifs is 3. The van der Waals surface area contributed by atoms with Crippen LogP contribution in [0.3, 0.4) is 0 Å². The molecule has 1 aromatic heterocycles. The van der Waals surface area contributed by atoms with E-state index in [2.05, 4.69) is 9.88 Å². The first-order valence-corrected chi connectivity index (χ1v) is 9.14. The van der Waals surface area contributed by atoms with Gasteiger partial charge in [0.2, 0.25) is 0 Å². The molecule has 1 saturated heterocycles. The topological polar surface area (TPSA) is 25.4 Å². The lowest BCUT2D eigenvalue weighted by atomic mass is 9.93. The fraction of sp³-hybridized carbons (Fsp3) is 0.476. The van der Waals surface area contributed by atoms with Gasteiger partial charge in [-0.1, -0.05) is 19.9 Å². The highest BCUT2D eigenvalue weighted by atomic mass is 19.1. The molecule has 1 aromatic carbocycles. The van der Waals surface area contributed by atoms with Gasteiger partial charge in [-0.05, 0) is 56.5 Å². The van der Waals surface area contributed by atoms with Gasteiger partial charge in [0.1, 0.15) is 11.6 Å². The Bertz CT molecular complexity index is 815. The Labute approximate surface area is 149 Å². The predicted molar refractivity (Wildman–Crippen MR) is 102 cm³/mol. The van der Waals surface area contributed by atoms with E-state index >= 15 is 0 Å². The monoisotopic (exact) mass is 342 g/mol. The van der Waals surface area contributed by atoms with Crippen molar-refractivity contribution in [3.63, 3.8) is 0 Å². The first-order chi connectivity index (χ1) is 12.1. The summed E-state index contributed by atoms with van der Waals surface area (Å²) in [6, 6.07) is 8.34. The zero-order valence-electron chi connectivity index (χ0n) is 15.8. The van der Waals surface area contributed by atoms with E-state index in [0.717, 1.165) is 52.7 Å². The number of likely N-dealkylation sites (N-methyl/N-ethyl adjacent to an activating group) is 1. The molecule has 0 aliphatic carbocycles. The number of rotatable bonds is 2. The lowest BCUT2D eigenvalue weighted by Gasteiger charge is -2.32. The lowest BCUT2D eigenvalue weighted by Crippen LogP contribution is -2.36. The molecule has 3 heterocycles. The van der Waals surface area contributed by atoms with Crippen molar-refractivity contribution in [1.82, 2.24) is 9.88 Å². The van der Waals surface area contributed by atoms with Crippen LogP contribution in [0, 0.1) is 6.92 Å². The second-order valence-corrected chi connectivity index (χ2v) is 6.64. The fourth-order valence-electron chi connectivity index (χ4n) is 4.03. The Balaban J connectivity index is 0.000000880. The zero-order chi connectivity index (χ0) is 18.1. The predicted octanol–water partition coefficient (Wildman–Crippen LogP) is 5.13. The van der Waals surface area contributed by atoms with Gasteiger partial charge >= 0.3 is 0 Å². The van der Waals surface area contributed by atoms with Crippen molar-refractivity contribution in [1.29, 1.82) is 0 Å². The standard InChI is InChI=1S/C19H21FN2O.C2H6/c1-11-8-18(23-3)15-9-12(4-6-16(15)21-11)14-10-13-5-7-17(19(14)20)22(13)2;1-2/h4,6,8-9,13,17H,5,7,10H2,1-3H3;1-2H3/t13?,17-;/m0./s1. The quantitative estimate of drug-likeness (QED) is 0.757. The molecule has 3 nitrogen and oxygen atoms in total. The van der Waals surface area contributed by atoms with Gasteiger partial charge in [0.25, 0.3) is 0 Å². The van der Waals surface area contributed by atoms with Crippen molar-refractivity contribution >= 4 is 16.5 Å². The first kappa shape index (κ1) is 17.9. The molecule has 25 heavy (non-hydrogen) atoms. The lowest BCUT2D eigenvalue weighted by molar-refractivity contribution is 0.230. The SMILES string of the molecule is CC.COc1cc(C)nc2ccc(C3=C(F)[C@@H]4CCC(C3)N4C)cc12. The van der Waals surface area contributed by atoms with Crippen LogP contribution in [0.5, 0.6) is 5.75 Å². The molecule has 2 aliphatic heterocycles. The van der Waals surface area contributed by atoms with Gasteiger partial charge < -0.3 is 4.74 Å². The highest BCUT2D eigenvalue weighted by molar-refractivity contribution is 5.89. The summed E-state index contributed by atoms with van der Waals surface area (Å²) in [6.07, 6.45) is 2.79. The van der Waals surface area contributed by atoms with Crippen molar-refractivity contribution < 1.29 is 9.13 Å². The highest BCUT2D eigenvalue weighted by Crippen LogP contribution is 2.43. The van der Waals surface area contributed by atoms with E-state index in [4.69, 9.17) is 4.74 Å². The first-order valence-electron chi connectivity index (χ1n) is 9.14. The van der Waals surface area contributed by atoms with Crippen LogP contribution in [0.15, 0.2) is 30.1 Å². The summed E-state index contributed by atoms with van der Waals surface area (Å²) < 4.78 is 20.4. The van der Waals surface area contributed by atoms with E-state index in [1.165, 1.54) is 0 Å². The van der Waals surface area contributed by atoms with Gasteiger partial charge in [0.05, 0.1) is 18.7 Å². The van der Waals surface area contributed by atoms with E-state index in [1.54, 1.807) is 7.11 Å². The molecule has 0 saturated carbocycles. The number of ether oxygens (including phenoxy) is 1. The molecule has 2 bridgehead atoms. The summed E-state index contributed by atoms with van der Waals surface area (Å²) in [7, 11) is 3.70. The van der Waals surface area contributed by atoms with E-state index < -0.39 is 0 Å². The number of pyridine rings is 1. The van der Waals surface area contributed by atoms with Gasteiger partial charge in [0.15, 0.2) is 0 Å². The van der Waals surface area contributed by atoms with Crippen molar-refractivity contribution in [3.8, 4) is 5.75 Å². The molecule has 0 radical (unpaired) electrons. The second kappa shape index (κ2) is 7.12. The smallest absolute Gasteiger partial charge is 0.130 e. The van der Waals surface area contributed by atoms with Crippen LogP contribution >= 0.6 is 0 Å². The molecule has 1 unspecified atom stereocenters. The normalized spacial score (nSPS) is 22.8. The molecule has 2 aliphatic rings. The van der Waals surface area contributed by atoms with Crippen molar-refractivity contribution in [2.75, 3.05) is 14.2 Å². The highest BCUT2D eigenvalue weighted by Gasteiger charge is 2.39. The number of hydrogen-bond acceptors (Lipinski definition) is 3. The van der Waals surface area contributed by atoms with Crippen LogP contribution in [0.25, 0.3) is 16.5 Å². The van der Waals surface area contributed by atoms with Crippen LogP contribution in [0.1, 0.15) is 44.4 Å². The molecule has 1 fully saturated rings. The number of methoxy groups -OCH3 is 1. The fourth-order valence-corrected chi connectivity index (χ4v) is 4.03. The van der Waals surface area contributed by atoms with Crippen LogP contribution in [0.4, 0.5) is 4.39 Å². The Hall–Kier alpha value is -1.94. The van der Waals surface area contributed by atoms with Crippen LogP contribution in [0.2, 0.25) is 0 Å². The summed E-state index contributed by atoms with van der Waals surface area (Å²) in [6.45, 7) is 5.95. The summed E-state index contributed by atoms with van der Waals surface area (Å²) in [5.74, 6) is 0.839. The minimum atomic E-state index is -0.0440. The number of benzene rings is 1. The second-order valence-electron chi connectivity index (χ2n) is 6.64. The van der Waals surface area contributed by atoms with Crippen molar-refractivity contribution in [2.45, 2.75) is 52.1 Å². The Kier molecular flexibility index (Phi) is 5.09. The van der Waals surface area contributed by atoms with E-state index in [0.29, 0.717) is 6.04 Å². The summed E-state index contributed by atoms with van der Waals surface area (Å²) >= 11 is 0. The molecule has 0 N–H and O–H groups in total. The van der Waals surface area contributed by atoms with Crippen LogP contribution in [-0.4, -0.2) is 36.1 Å². The third-order valence-electron chi connectivity index (χ3n) is 5.33. The molecule has 2 atom stereocenters. The molecule has 4 heteroatoms. The van der Waals surface area contributed by atoms with E-state index in [1.807, 2.05) is 52.1 Å². The maximum atomic E-state index is 14.9. The molecular weight excluding hydrogens is 315 g/mol. The maximum absolute atomic E-state index is 14.9. The summed E-state index contributed by atoms with van der Waals surface area (Å²) in [4.78, 5) is 6.73. The van der Waals surface area contributed by atoms with E-state index in [-0.39, 0.29) is 11.9 Å². The minimum absolute atomic E-state index is 0.0413. The Morgan fingerprint density at radius 2 is 1.96 bits per heavy atom. The molecule has 0 spiro atoms. The number of aryl methyl sites for hydroxylation is 1. The molecular formula is C21H27FN2O. The Morgan fingerprint density at radius 1 is 1.20 bits per heavy atom. The molecule has 0 amide bonds. The van der Waals surface area contributed by atoms with Gasteiger partial charge in [-0.15, -0.1) is 0 Å². The summed E-state index contributed by atoms with van der Waals surface area (Å²) in [5.41, 5.74) is 3.64. The number of hydrogen-bond donors (Lipinski definition) is 0. The van der Waals surface area contributed by atoms with Gasteiger partial charge in [-0.3, -0.25) is 9.88 Å². The van der Waals surface area contributed by atoms with Crippen molar-refractivity contribution in [3.05, 3.63) is 41.3 Å². The minimum Gasteiger partial charge on any atom is -0.496 e. The van der Waals surface area contributed by atoms with Gasteiger partial charge in [-0.2, -0.15) is 0 Å². The van der Waals surface area contributed by atoms with Crippen LogP contribution in [-0.2, 0) is 0 Å². The average molecular weight is 342 g/mol. The summed E-state index contributed by atoms with van der Waals surface area (Å²) in [5, 5.41) is 0.946. The van der Waals surface area contributed by atoms with Gasteiger partial charge in [0, 0.05) is 23.2 Å². The third-order valence-corrected chi connectivity index (χ3v) is 5.33. The van der Waals surface area contributed by atoms with Crippen molar-refractivity contribution in [2.24, 2.45) is 0 Å². The molecule has 4 rings (SSSR count).